The van der Waals surface area contributed by atoms with E-state index in [2.05, 4.69) is 20.6 Å². The molecule has 0 N–H and O–H groups in total. The minimum atomic E-state index is 0.672. The number of nitrogens with zero attached hydrogens (tertiary/aromatic N) is 3. The van der Waals surface area contributed by atoms with Crippen LogP contribution < -0.4 is 0 Å². The molecule has 1 aromatic heterocycles. The highest BCUT2D eigenvalue weighted by atomic mass is 32.2. The summed E-state index contributed by atoms with van der Waals surface area (Å²) >= 11 is 3.33. The average Bonchev–Trinajstić information content (AvgIpc) is 3.09. The Morgan fingerprint density at radius 3 is 3.00 bits per heavy atom. The third-order valence-electron chi connectivity index (χ3n) is 4.15. The van der Waals surface area contributed by atoms with Gasteiger partial charge in [-0.15, -0.1) is 11.8 Å². The van der Waals surface area contributed by atoms with Crippen LogP contribution in [-0.4, -0.2) is 39.0 Å². The molecule has 18 heavy (non-hydrogen) atoms. The van der Waals surface area contributed by atoms with Gasteiger partial charge in [0.15, 0.2) is 0 Å². The molecule has 1 aromatic rings. The van der Waals surface area contributed by atoms with Gasteiger partial charge in [-0.1, -0.05) is 19.8 Å². The maximum absolute atomic E-state index is 4.60. The molecule has 0 saturated carbocycles. The first kappa shape index (κ1) is 12.9. The fraction of sp³-hybridized carbons (Fsp3) is 0.846. The third kappa shape index (κ3) is 2.58. The van der Waals surface area contributed by atoms with E-state index >= 15 is 0 Å². The molecule has 0 aromatic carbocycles. The van der Waals surface area contributed by atoms with Gasteiger partial charge in [0.05, 0.1) is 17.4 Å². The molecule has 2 bridgehead atoms. The molecule has 3 rings (SSSR count). The van der Waals surface area contributed by atoms with Crippen LogP contribution >= 0.6 is 23.5 Å². The minimum absolute atomic E-state index is 0.672. The van der Waals surface area contributed by atoms with Crippen molar-refractivity contribution in [2.45, 2.75) is 43.6 Å². The lowest BCUT2D eigenvalue weighted by molar-refractivity contribution is 0.342. The van der Waals surface area contributed by atoms with Crippen LogP contribution in [0.1, 0.15) is 44.2 Å². The van der Waals surface area contributed by atoms with Gasteiger partial charge in [0.1, 0.15) is 5.03 Å². The Morgan fingerprint density at radius 1 is 1.33 bits per heavy atom. The van der Waals surface area contributed by atoms with Crippen LogP contribution in [0.25, 0.3) is 0 Å². The maximum Gasteiger partial charge on any atom is 0.134 e. The molecular formula is C13H21N3S2. The number of aromatic nitrogens is 2. The molecule has 0 aliphatic carbocycles. The number of thioether (sulfide) groups is 1. The number of unbranched alkanes of at least 4 members (excludes halogenated alkanes) is 2. The highest BCUT2D eigenvalue weighted by Gasteiger charge is 2.41. The van der Waals surface area contributed by atoms with Gasteiger partial charge in [0.2, 0.25) is 0 Å². The van der Waals surface area contributed by atoms with Crippen LogP contribution in [0.15, 0.2) is 5.03 Å². The van der Waals surface area contributed by atoms with E-state index in [0.717, 1.165) is 5.92 Å². The average molecular weight is 283 g/mol. The number of piperidine rings is 1. The second kappa shape index (κ2) is 5.88. The molecule has 100 valence electrons. The summed E-state index contributed by atoms with van der Waals surface area (Å²) in [6.07, 6.45) is 5.29. The molecule has 0 spiro atoms. The van der Waals surface area contributed by atoms with E-state index in [0.29, 0.717) is 5.92 Å². The predicted molar refractivity (Wildman–Crippen MR) is 77.4 cm³/mol. The first-order chi connectivity index (χ1) is 8.88. The lowest BCUT2D eigenvalue weighted by Gasteiger charge is -2.20. The summed E-state index contributed by atoms with van der Waals surface area (Å²) in [6, 6.07) is 0. The lowest BCUT2D eigenvalue weighted by Crippen LogP contribution is -2.22. The molecule has 5 heteroatoms. The summed E-state index contributed by atoms with van der Waals surface area (Å²) in [5, 5.41) is 1.23. The summed E-state index contributed by atoms with van der Waals surface area (Å²) in [5.74, 6) is 2.72. The summed E-state index contributed by atoms with van der Waals surface area (Å²) in [7, 11) is 0. The zero-order valence-corrected chi connectivity index (χ0v) is 12.6. The molecule has 2 fully saturated rings. The standard InChI is InChI=1S/C13H21N3S2/c1-2-3-4-7-17-13-12(14-18-15-13)11-9-16-6-5-10(11)8-16/h10-11H,2-9H2,1H3/t10-,11-/m0/s1. The van der Waals surface area contributed by atoms with Crippen LogP contribution in [0.5, 0.6) is 0 Å². The lowest BCUT2D eigenvalue weighted by atomic mass is 9.90. The minimum Gasteiger partial charge on any atom is -0.302 e. The summed E-state index contributed by atoms with van der Waals surface area (Å²) in [6.45, 7) is 6.07. The van der Waals surface area contributed by atoms with Crippen molar-refractivity contribution in [1.29, 1.82) is 0 Å². The van der Waals surface area contributed by atoms with Crippen LogP contribution in [0.2, 0.25) is 0 Å². The fourth-order valence-electron chi connectivity index (χ4n) is 3.13. The quantitative estimate of drug-likeness (QED) is 0.592. The van der Waals surface area contributed by atoms with Gasteiger partial charge in [-0.05, 0) is 31.1 Å². The van der Waals surface area contributed by atoms with Crippen LogP contribution in [0, 0.1) is 5.92 Å². The zero-order chi connectivity index (χ0) is 12.4. The Kier molecular flexibility index (Phi) is 4.21. The van der Waals surface area contributed by atoms with Crippen LogP contribution in [0.3, 0.4) is 0 Å². The van der Waals surface area contributed by atoms with Crippen molar-refractivity contribution >= 4 is 23.5 Å². The number of rotatable bonds is 6. The Bertz CT molecular complexity index is 393. The van der Waals surface area contributed by atoms with Gasteiger partial charge in [-0.25, -0.2) is 0 Å². The van der Waals surface area contributed by atoms with E-state index in [9.17, 15) is 0 Å². The van der Waals surface area contributed by atoms with E-state index in [1.807, 2.05) is 11.8 Å². The van der Waals surface area contributed by atoms with Crippen LogP contribution in [-0.2, 0) is 0 Å². The Hall–Kier alpha value is -0.130. The molecule has 3 heterocycles. The molecule has 2 saturated heterocycles. The molecule has 3 nitrogen and oxygen atoms in total. The first-order valence-corrected chi connectivity index (χ1v) is 8.77. The van der Waals surface area contributed by atoms with Gasteiger partial charge >= 0.3 is 0 Å². The van der Waals surface area contributed by atoms with Crippen molar-refractivity contribution < 1.29 is 0 Å². The van der Waals surface area contributed by atoms with E-state index in [4.69, 9.17) is 0 Å². The molecule has 3 atom stereocenters. The van der Waals surface area contributed by atoms with E-state index in [1.54, 1.807) is 0 Å². The first-order valence-electron chi connectivity index (χ1n) is 7.06. The molecule has 0 amide bonds. The molecule has 2 aliphatic heterocycles. The summed E-state index contributed by atoms with van der Waals surface area (Å²) < 4.78 is 9.12. The topological polar surface area (TPSA) is 29.0 Å². The molecular weight excluding hydrogens is 262 g/mol. The van der Waals surface area contributed by atoms with Crippen LogP contribution in [0.4, 0.5) is 0 Å². The van der Waals surface area contributed by atoms with Crippen molar-refractivity contribution in [2.75, 3.05) is 25.4 Å². The maximum atomic E-state index is 4.60. The Balaban J connectivity index is 1.61. The van der Waals surface area contributed by atoms with Crippen molar-refractivity contribution in [3.8, 4) is 0 Å². The normalized spacial score (nSPS) is 30.2. The van der Waals surface area contributed by atoms with E-state index in [1.165, 1.54) is 73.5 Å². The predicted octanol–water partition coefficient (Wildman–Crippen LogP) is 3.24. The summed E-state index contributed by atoms with van der Waals surface area (Å²) in [5.41, 5.74) is 1.31. The summed E-state index contributed by atoms with van der Waals surface area (Å²) in [4.78, 5) is 2.58. The second-order valence-corrected chi connectivity index (χ2v) is 7.04. The highest BCUT2D eigenvalue weighted by molar-refractivity contribution is 7.99. The second-order valence-electron chi connectivity index (χ2n) is 5.43. The van der Waals surface area contributed by atoms with E-state index < -0.39 is 0 Å². The third-order valence-corrected chi connectivity index (χ3v) is 5.88. The Morgan fingerprint density at radius 2 is 2.28 bits per heavy atom. The largest absolute Gasteiger partial charge is 0.302 e. The van der Waals surface area contributed by atoms with E-state index in [-0.39, 0.29) is 0 Å². The van der Waals surface area contributed by atoms with Crippen molar-refractivity contribution in [2.24, 2.45) is 5.92 Å². The zero-order valence-electron chi connectivity index (χ0n) is 11.0. The van der Waals surface area contributed by atoms with Crippen molar-refractivity contribution in [3.05, 3.63) is 5.69 Å². The van der Waals surface area contributed by atoms with Gasteiger partial charge in [-0.3, -0.25) is 0 Å². The van der Waals surface area contributed by atoms with Gasteiger partial charge in [0, 0.05) is 19.0 Å². The highest BCUT2D eigenvalue weighted by Crippen LogP contribution is 2.42. The molecule has 0 radical (unpaired) electrons. The molecule has 1 unspecified atom stereocenters. The Labute approximate surface area is 118 Å². The van der Waals surface area contributed by atoms with Gasteiger partial charge < -0.3 is 4.90 Å². The smallest absolute Gasteiger partial charge is 0.134 e. The SMILES string of the molecule is CCCCCSc1nsnc1[C@H]1CN2CC[C@H]1C2. The monoisotopic (exact) mass is 283 g/mol. The molecule has 2 aliphatic rings. The van der Waals surface area contributed by atoms with Gasteiger partial charge in [0.25, 0.3) is 0 Å². The fourth-order valence-corrected chi connectivity index (χ4v) is 4.90. The van der Waals surface area contributed by atoms with Gasteiger partial charge in [-0.2, -0.15) is 8.75 Å². The number of hydrogen-bond acceptors (Lipinski definition) is 5. The van der Waals surface area contributed by atoms with Crippen molar-refractivity contribution in [3.63, 3.8) is 0 Å². The van der Waals surface area contributed by atoms with Crippen molar-refractivity contribution in [1.82, 2.24) is 13.6 Å². The number of hydrogen-bond donors (Lipinski definition) is 0. The number of fused-ring (bicyclic) bond motifs is 2.